The smallest absolute Gasteiger partial charge is 0.301 e. The molecule has 3 aromatic rings. The molecule has 164 valence electrons. The maximum absolute atomic E-state index is 11.3. The number of nitro benzene ring substituents is 2. The summed E-state index contributed by atoms with van der Waals surface area (Å²) in [6.07, 6.45) is 1.40. The molecule has 0 atom stereocenters. The van der Waals surface area contributed by atoms with Crippen LogP contribution in [0.15, 0.2) is 65.8 Å². The summed E-state index contributed by atoms with van der Waals surface area (Å²) in [7, 11) is 1.50. The van der Waals surface area contributed by atoms with Gasteiger partial charge < -0.3 is 9.47 Å². The number of ether oxygens (including phenoxy) is 2. The van der Waals surface area contributed by atoms with Crippen molar-refractivity contribution in [2.24, 2.45) is 5.10 Å². The van der Waals surface area contributed by atoms with Crippen LogP contribution in [-0.4, -0.2) is 23.2 Å². The number of nitrogens with zero attached hydrogens (tertiary/aromatic N) is 3. The quantitative estimate of drug-likeness (QED) is 0.266. The van der Waals surface area contributed by atoms with Crippen molar-refractivity contribution >= 4 is 34.9 Å². The van der Waals surface area contributed by atoms with E-state index < -0.39 is 21.2 Å². The third-order valence-electron chi connectivity index (χ3n) is 4.34. The number of para-hydroxylation sites is 1. The van der Waals surface area contributed by atoms with Gasteiger partial charge >= 0.3 is 5.69 Å². The number of methoxy groups -OCH3 is 1. The van der Waals surface area contributed by atoms with Gasteiger partial charge in [-0.05, 0) is 24.3 Å². The molecular formula is C21H17ClN4O6. The van der Waals surface area contributed by atoms with E-state index in [4.69, 9.17) is 21.1 Å². The third-order valence-corrected chi connectivity index (χ3v) is 4.71. The van der Waals surface area contributed by atoms with Gasteiger partial charge in [-0.25, -0.2) is 0 Å². The molecule has 0 aromatic heterocycles. The highest BCUT2D eigenvalue weighted by molar-refractivity contribution is 6.31. The van der Waals surface area contributed by atoms with E-state index in [9.17, 15) is 20.2 Å². The maximum Gasteiger partial charge on any atom is 0.301 e. The first-order valence-corrected chi connectivity index (χ1v) is 9.53. The van der Waals surface area contributed by atoms with Gasteiger partial charge in [0.15, 0.2) is 11.5 Å². The number of non-ortho nitro benzene ring substituents is 1. The lowest BCUT2D eigenvalue weighted by Gasteiger charge is -2.14. The minimum atomic E-state index is -0.728. The van der Waals surface area contributed by atoms with E-state index in [0.29, 0.717) is 22.1 Å². The molecule has 1 N–H and O–H groups in total. The molecule has 10 nitrogen and oxygen atoms in total. The molecule has 0 unspecified atom stereocenters. The van der Waals surface area contributed by atoms with E-state index in [1.807, 2.05) is 18.2 Å². The number of nitrogens with one attached hydrogen (secondary N) is 1. The Balaban J connectivity index is 1.84. The lowest BCUT2D eigenvalue weighted by atomic mass is 10.2. The Hall–Kier alpha value is -4.18. The largest absolute Gasteiger partial charge is 0.493 e. The molecule has 3 rings (SSSR count). The van der Waals surface area contributed by atoms with Crippen LogP contribution in [0.4, 0.5) is 17.1 Å². The molecule has 0 aliphatic carbocycles. The van der Waals surface area contributed by atoms with Crippen molar-refractivity contribution in [3.63, 3.8) is 0 Å². The van der Waals surface area contributed by atoms with Crippen LogP contribution in [0.25, 0.3) is 0 Å². The van der Waals surface area contributed by atoms with Crippen LogP contribution in [0, 0.1) is 20.2 Å². The Kier molecular flexibility index (Phi) is 7.19. The monoisotopic (exact) mass is 456 g/mol. The molecule has 0 spiro atoms. The summed E-state index contributed by atoms with van der Waals surface area (Å²) in [6.45, 7) is 0.183. The third kappa shape index (κ3) is 5.29. The molecule has 32 heavy (non-hydrogen) atoms. The molecule has 11 heteroatoms. The molecule has 0 fully saturated rings. The van der Waals surface area contributed by atoms with Crippen LogP contribution in [0.1, 0.15) is 11.1 Å². The standard InChI is InChI=1S/C21H17ClN4O6/c1-31-20-8-4-6-14(21(20)32-13-15-5-2-3-7-17(15)22)12-23-24-18-10-9-16(25(27)28)11-19(18)26(29)30/h2-12,24H,13H2,1H3/b23-12+. The molecule has 0 aliphatic rings. The number of rotatable bonds is 9. The molecule has 0 heterocycles. The molecule has 0 saturated heterocycles. The minimum Gasteiger partial charge on any atom is -0.493 e. The predicted octanol–water partition coefficient (Wildman–Crippen LogP) is 5.19. The summed E-state index contributed by atoms with van der Waals surface area (Å²) in [5.74, 6) is 0.862. The first-order valence-electron chi connectivity index (χ1n) is 9.16. The Morgan fingerprint density at radius 2 is 1.84 bits per heavy atom. The van der Waals surface area contributed by atoms with E-state index >= 15 is 0 Å². The van der Waals surface area contributed by atoms with E-state index in [-0.39, 0.29) is 12.3 Å². The van der Waals surface area contributed by atoms with E-state index in [0.717, 1.165) is 17.7 Å². The van der Waals surface area contributed by atoms with E-state index in [1.165, 1.54) is 19.4 Å². The second-order valence-corrected chi connectivity index (χ2v) is 6.75. The Labute approximate surface area is 187 Å². The molecule has 3 aromatic carbocycles. The van der Waals surface area contributed by atoms with Crippen LogP contribution in [-0.2, 0) is 6.61 Å². The Morgan fingerprint density at radius 3 is 2.53 bits per heavy atom. The van der Waals surface area contributed by atoms with Gasteiger partial charge in [0.2, 0.25) is 0 Å². The van der Waals surface area contributed by atoms with Crippen molar-refractivity contribution in [2.75, 3.05) is 12.5 Å². The summed E-state index contributed by atoms with van der Waals surface area (Å²) in [6, 6.07) is 15.6. The van der Waals surface area contributed by atoms with Crippen molar-refractivity contribution in [2.45, 2.75) is 6.61 Å². The number of halogens is 1. The first kappa shape index (κ1) is 22.5. The van der Waals surface area contributed by atoms with Crippen molar-refractivity contribution in [3.05, 3.63) is 97.0 Å². The highest BCUT2D eigenvalue weighted by atomic mass is 35.5. The van der Waals surface area contributed by atoms with E-state index in [2.05, 4.69) is 10.5 Å². The van der Waals surface area contributed by atoms with Crippen molar-refractivity contribution in [1.82, 2.24) is 0 Å². The van der Waals surface area contributed by atoms with Gasteiger partial charge in [-0.2, -0.15) is 5.10 Å². The molecule has 0 amide bonds. The maximum atomic E-state index is 11.3. The van der Waals surface area contributed by atoms with Crippen LogP contribution < -0.4 is 14.9 Å². The summed E-state index contributed by atoms with van der Waals surface area (Å²) in [5, 5.41) is 26.7. The summed E-state index contributed by atoms with van der Waals surface area (Å²) in [4.78, 5) is 20.7. The molecular weight excluding hydrogens is 440 g/mol. The summed E-state index contributed by atoms with van der Waals surface area (Å²) < 4.78 is 11.3. The van der Waals surface area contributed by atoms with Crippen LogP contribution in [0.2, 0.25) is 5.02 Å². The molecule has 0 aliphatic heterocycles. The number of hydrazone groups is 1. The lowest BCUT2D eigenvalue weighted by molar-refractivity contribution is -0.393. The number of anilines is 1. The fraction of sp³-hybridized carbons (Fsp3) is 0.0952. The average molecular weight is 457 g/mol. The highest BCUT2D eigenvalue weighted by Gasteiger charge is 2.19. The Bertz CT molecular complexity index is 1180. The Morgan fingerprint density at radius 1 is 1.06 bits per heavy atom. The van der Waals surface area contributed by atoms with Crippen LogP contribution in [0.3, 0.4) is 0 Å². The van der Waals surface area contributed by atoms with Crippen molar-refractivity contribution < 1.29 is 19.3 Å². The second-order valence-electron chi connectivity index (χ2n) is 6.34. The van der Waals surface area contributed by atoms with E-state index in [1.54, 1.807) is 24.3 Å². The van der Waals surface area contributed by atoms with Gasteiger partial charge in [0.25, 0.3) is 5.69 Å². The van der Waals surface area contributed by atoms with Gasteiger partial charge in [0.1, 0.15) is 12.3 Å². The predicted molar refractivity (Wildman–Crippen MR) is 120 cm³/mol. The zero-order valence-corrected chi connectivity index (χ0v) is 17.5. The van der Waals surface area contributed by atoms with Crippen LogP contribution >= 0.6 is 11.6 Å². The van der Waals surface area contributed by atoms with Crippen LogP contribution in [0.5, 0.6) is 11.5 Å². The van der Waals surface area contributed by atoms with Crippen molar-refractivity contribution in [1.29, 1.82) is 0 Å². The summed E-state index contributed by atoms with van der Waals surface area (Å²) >= 11 is 6.18. The minimum absolute atomic E-state index is 0.00159. The summed E-state index contributed by atoms with van der Waals surface area (Å²) in [5.41, 5.74) is 2.99. The molecule has 0 radical (unpaired) electrons. The first-order chi connectivity index (χ1) is 15.4. The van der Waals surface area contributed by atoms with Gasteiger partial charge in [0.05, 0.1) is 29.2 Å². The normalized spacial score (nSPS) is 10.7. The topological polar surface area (TPSA) is 129 Å². The van der Waals surface area contributed by atoms with Gasteiger partial charge in [-0.3, -0.25) is 25.7 Å². The van der Waals surface area contributed by atoms with Crippen molar-refractivity contribution in [3.8, 4) is 11.5 Å². The number of nitro groups is 2. The number of hydrogen-bond acceptors (Lipinski definition) is 8. The zero-order valence-electron chi connectivity index (χ0n) is 16.7. The SMILES string of the molecule is COc1cccc(/C=N/Nc2ccc([N+](=O)[O-])cc2[N+](=O)[O-])c1OCc1ccccc1Cl. The van der Waals surface area contributed by atoms with Gasteiger partial charge in [-0.15, -0.1) is 0 Å². The lowest BCUT2D eigenvalue weighted by Crippen LogP contribution is -2.02. The highest BCUT2D eigenvalue weighted by Crippen LogP contribution is 2.32. The average Bonchev–Trinajstić information content (AvgIpc) is 2.78. The molecule has 0 saturated carbocycles. The fourth-order valence-electron chi connectivity index (χ4n) is 2.77. The number of hydrogen-bond donors (Lipinski definition) is 1. The zero-order chi connectivity index (χ0) is 23.1. The van der Waals surface area contributed by atoms with Gasteiger partial charge in [-0.1, -0.05) is 35.9 Å². The second kappa shape index (κ2) is 10.2. The van der Waals surface area contributed by atoms with Gasteiger partial charge in [0, 0.05) is 22.2 Å². The number of benzene rings is 3. The fourth-order valence-corrected chi connectivity index (χ4v) is 2.96. The molecule has 0 bridgehead atoms.